The number of aryl methyl sites for hydroxylation is 2. The molecular formula is C17H12F6OP-. The molecule has 0 N–H and O–H groups in total. The van der Waals surface area contributed by atoms with Crippen molar-refractivity contribution in [3.63, 3.8) is 0 Å². The van der Waals surface area contributed by atoms with Crippen molar-refractivity contribution in [2.24, 2.45) is 0 Å². The van der Waals surface area contributed by atoms with Crippen LogP contribution in [-0.2, 0) is 12.4 Å². The number of hydrogen-bond acceptors (Lipinski definition) is 1. The molecule has 0 aliphatic rings. The van der Waals surface area contributed by atoms with Crippen molar-refractivity contribution in [3.8, 4) is 0 Å². The third kappa shape index (κ3) is 4.22. The first-order valence-electron chi connectivity index (χ1n) is 7.02. The van der Waals surface area contributed by atoms with E-state index in [0.29, 0.717) is 34.6 Å². The highest BCUT2D eigenvalue weighted by Gasteiger charge is 2.40. The molecule has 0 aliphatic carbocycles. The second-order valence-corrected chi connectivity index (χ2v) is 6.46. The monoisotopic (exact) mass is 377 g/mol. The molecule has 1 nitrogen and oxygen atoms in total. The van der Waals surface area contributed by atoms with Gasteiger partial charge in [-0.2, -0.15) is 26.3 Å². The molecule has 0 saturated carbocycles. The highest BCUT2D eigenvalue weighted by atomic mass is 31.1. The average molecular weight is 377 g/mol. The highest BCUT2D eigenvalue weighted by Crippen LogP contribution is 2.39. The molecule has 0 bridgehead atoms. The lowest BCUT2D eigenvalue weighted by atomic mass is 10.0. The molecule has 2 rings (SSSR count). The van der Waals surface area contributed by atoms with Crippen LogP contribution in [0.15, 0.2) is 36.4 Å². The van der Waals surface area contributed by atoms with E-state index in [1.165, 1.54) is 0 Å². The Morgan fingerprint density at radius 2 is 1.20 bits per heavy atom. The molecule has 0 fully saturated rings. The number of rotatable bonds is 2. The molecule has 0 unspecified atom stereocenters. The molecule has 0 atom stereocenters. The Balaban J connectivity index is 2.78. The van der Waals surface area contributed by atoms with E-state index in [9.17, 15) is 31.4 Å². The first-order chi connectivity index (χ1) is 11.4. The van der Waals surface area contributed by atoms with Crippen LogP contribution in [0.5, 0.6) is 0 Å². The third-order valence-electron chi connectivity index (χ3n) is 3.54. The van der Waals surface area contributed by atoms with Gasteiger partial charge in [0.1, 0.15) is 0 Å². The summed E-state index contributed by atoms with van der Waals surface area (Å²) < 4.78 is 78.9. The maximum Gasteiger partial charge on any atom is 0.416 e. The standard InChI is InChI=1S/C17H13F6OP/c1-9-5-3-6-10(2)14(9)25-15(24)13-11(16(18,19)20)7-4-8-12(13)17(21,22)23/h3-8,24H,1-2H3/p-1. The van der Waals surface area contributed by atoms with Gasteiger partial charge in [-0.05, 0) is 42.7 Å². The van der Waals surface area contributed by atoms with E-state index in [2.05, 4.69) is 0 Å². The van der Waals surface area contributed by atoms with Gasteiger partial charge in [-0.15, -0.1) is 5.48 Å². The topological polar surface area (TPSA) is 23.1 Å². The summed E-state index contributed by atoms with van der Waals surface area (Å²) in [6.45, 7) is 3.28. The van der Waals surface area contributed by atoms with Gasteiger partial charge in [0.15, 0.2) is 0 Å². The number of hydrogen-bond donors (Lipinski definition) is 0. The number of halogens is 6. The quantitative estimate of drug-likeness (QED) is 0.560. The van der Waals surface area contributed by atoms with E-state index in [4.69, 9.17) is 0 Å². The van der Waals surface area contributed by atoms with Gasteiger partial charge in [-0.1, -0.05) is 32.5 Å². The van der Waals surface area contributed by atoms with E-state index in [-0.39, 0.29) is 8.20 Å². The summed E-state index contributed by atoms with van der Waals surface area (Å²) in [4.78, 5) is 0. The van der Waals surface area contributed by atoms with E-state index in [1.54, 1.807) is 32.0 Å². The minimum absolute atomic E-state index is 0.232. The largest absolute Gasteiger partial charge is 0.823 e. The summed E-state index contributed by atoms with van der Waals surface area (Å²) in [6, 6.07) is 6.61. The second-order valence-electron chi connectivity index (χ2n) is 5.38. The zero-order valence-corrected chi connectivity index (χ0v) is 14.0. The van der Waals surface area contributed by atoms with Crippen molar-refractivity contribution in [1.82, 2.24) is 0 Å². The van der Waals surface area contributed by atoms with E-state index < -0.39 is 34.5 Å². The molecule has 2 aromatic carbocycles. The lowest BCUT2D eigenvalue weighted by molar-refractivity contribution is -0.209. The van der Waals surface area contributed by atoms with Gasteiger partial charge in [-0.3, -0.25) is 0 Å². The maximum atomic E-state index is 13.2. The number of benzene rings is 2. The summed E-state index contributed by atoms with van der Waals surface area (Å²) in [5, 5.41) is 12.8. The van der Waals surface area contributed by atoms with E-state index in [0.717, 1.165) is 0 Å². The minimum atomic E-state index is -5.07. The van der Waals surface area contributed by atoms with Crippen LogP contribution in [0.4, 0.5) is 26.3 Å². The molecule has 0 heterocycles. The number of alkyl halides is 6. The summed E-state index contributed by atoms with van der Waals surface area (Å²) >= 11 is 0. The molecule has 0 aliphatic heterocycles. The van der Waals surface area contributed by atoms with Crippen molar-refractivity contribution in [3.05, 3.63) is 64.2 Å². The van der Waals surface area contributed by atoms with Crippen molar-refractivity contribution >= 4 is 19.0 Å². The lowest BCUT2D eigenvalue weighted by Crippen LogP contribution is -2.27. The predicted molar refractivity (Wildman–Crippen MR) is 83.0 cm³/mol. The Kier molecular flexibility index (Phi) is 5.30. The molecule has 0 aromatic heterocycles. The van der Waals surface area contributed by atoms with E-state index >= 15 is 0 Å². The predicted octanol–water partition coefficient (Wildman–Crippen LogP) is 4.45. The highest BCUT2D eigenvalue weighted by molar-refractivity contribution is 7.49. The van der Waals surface area contributed by atoms with Gasteiger partial charge < -0.3 is 5.11 Å². The lowest BCUT2D eigenvalue weighted by Gasteiger charge is -2.23. The fourth-order valence-electron chi connectivity index (χ4n) is 2.39. The zero-order valence-electron chi connectivity index (χ0n) is 13.1. The van der Waals surface area contributed by atoms with Crippen LogP contribution in [0.2, 0.25) is 0 Å². The summed E-state index contributed by atoms with van der Waals surface area (Å²) in [7, 11) is -0.232. The van der Waals surface area contributed by atoms with Crippen molar-refractivity contribution in [2.45, 2.75) is 26.2 Å². The molecule has 0 radical (unpaired) electrons. The molecule has 0 spiro atoms. The smallest absolute Gasteiger partial charge is 0.416 e. The molecule has 0 amide bonds. The summed E-state index contributed by atoms with van der Waals surface area (Å²) in [5.74, 6) is 0. The van der Waals surface area contributed by atoms with Gasteiger partial charge in [-0.25, -0.2) is 0 Å². The van der Waals surface area contributed by atoms with Crippen LogP contribution >= 0.6 is 8.20 Å². The Bertz CT molecular complexity index is 768. The zero-order chi connectivity index (χ0) is 19.0. The molecule has 134 valence electrons. The van der Waals surface area contributed by atoms with Gasteiger partial charge in [0.05, 0.1) is 11.1 Å². The van der Waals surface area contributed by atoms with Crippen LogP contribution in [0.1, 0.15) is 27.8 Å². The van der Waals surface area contributed by atoms with Crippen LogP contribution in [-0.4, -0.2) is 5.48 Å². The van der Waals surface area contributed by atoms with Crippen molar-refractivity contribution in [1.29, 1.82) is 0 Å². The normalized spacial score (nSPS) is 13.2. The van der Waals surface area contributed by atoms with Gasteiger partial charge >= 0.3 is 12.4 Å². The summed E-state index contributed by atoms with van der Waals surface area (Å²) in [6.07, 6.45) is -10.1. The van der Waals surface area contributed by atoms with Crippen LogP contribution in [0.25, 0.3) is 0 Å². The van der Waals surface area contributed by atoms with Crippen LogP contribution in [0, 0.1) is 13.8 Å². The molecule has 0 saturated heterocycles. The van der Waals surface area contributed by atoms with Gasteiger partial charge in [0.2, 0.25) is 0 Å². The Morgan fingerprint density at radius 3 is 1.60 bits per heavy atom. The summed E-state index contributed by atoms with van der Waals surface area (Å²) in [5.41, 5.74) is -4.50. The van der Waals surface area contributed by atoms with Crippen molar-refractivity contribution in [2.75, 3.05) is 0 Å². The average Bonchev–Trinajstić information content (AvgIpc) is 2.48. The molecule has 25 heavy (non-hydrogen) atoms. The Morgan fingerprint density at radius 1 is 0.800 bits per heavy atom. The van der Waals surface area contributed by atoms with E-state index in [1.807, 2.05) is 0 Å². The maximum absolute atomic E-state index is 13.2. The molecule has 8 heteroatoms. The Labute approximate surface area is 141 Å². The van der Waals surface area contributed by atoms with Crippen molar-refractivity contribution < 1.29 is 31.4 Å². The van der Waals surface area contributed by atoms with Crippen LogP contribution < -0.4 is 10.4 Å². The molecular weight excluding hydrogens is 365 g/mol. The van der Waals surface area contributed by atoms with Gasteiger partial charge in [0.25, 0.3) is 0 Å². The first kappa shape index (κ1) is 19.5. The molecule has 2 aromatic rings. The SMILES string of the molecule is Cc1cccc(C)c1P=C([O-])c1c(C(F)(F)F)cccc1C(F)(F)F. The second kappa shape index (κ2) is 6.81. The van der Waals surface area contributed by atoms with Gasteiger partial charge in [0, 0.05) is 5.30 Å². The third-order valence-corrected chi connectivity index (χ3v) is 4.90. The fourth-order valence-corrected chi connectivity index (χ4v) is 3.45. The Hall–Kier alpha value is -1.85. The fraction of sp³-hybridized carbons (Fsp3) is 0.235. The van der Waals surface area contributed by atoms with Crippen LogP contribution in [0.3, 0.4) is 0 Å². The first-order valence-corrected chi connectivity index (χ1v) is 7.92. The minimum Gasteiger partial charge on any atom is -0.823 e.